The van der Waals surface area contributed by atoms with Crippen LogP contribution in [0.4, 0.5) is 0 Å². The van der Waals surface area contributed by atoms with Crippen molar-refractivity contribution in [2.75, 3.05) is 7.11 Å². The Bertz CT molecular complexity index is 331. The zero-order valence-electron chi connectivity index (χ0n) is 12.5. The van der Waals surface area contributed by atoms with Crippen LogP contribution in [0.3, 0.4) is 0 Å². The Kier molecular flexibility index (Phi) is 5.86. The summed E-state index contributed by atoms with van der Waals surface area (Å²) in [5, 5.41) is 2.95. The summed E-state index contributed by atoms with van der Waals surface area (Å²) in [6.07, 6.45) is 10.9. The lowest BCUT2D eigenvalue weighted by Gasteiger charge is -2.29. The summed E-state index contributed by atoms with van der Waals surface area (Å²) in [5.74, 6) is 0.512. The molecule has 2 fully saturated rings. The van der Waals surface area contributed by atoms with E-state index < -0.39 is 6.04 Å². The fraction of sp³-hybridized carbons (Fsp3) is 0.875. The number of hydrogen-bond acceptors (Lipinski definition) is 3. The fourth-order valence-electron chi connectivity index (χ4n) is 3.67. The highest BCUT2D eigenvalue weighted by Crippen LogP contribution is 2.29. The Hall–Kier alpha value is -1.06. The van der Waals surface area contributed by atoms with Crippen LogP contribution in [0.15, 0.2) is 0 Å². The Balaban J connectivity index is 1.88. The first-order valence-corrected chi connectivity index (χ1v) is 8.08. The molecule has 1 N–H and O–H groups in total. The van der Waals surface area contributed by atoms with Crippen LogP contribution < -0.4 is 5.32 Å². The lowest BCUT2D eigenvalue weighted by Crippen LogP contribution is -2.47. The zero-order valence-corrected chi connectivity index (χ0v) is 12.5. The summed E-state index contributed by atoms with van der Waals surface area (Å²) < 4.78 is 4.88. The molecule has 2 aliphatic carbocycles. The van der Waals surface area contributed by atoms with Gasteiger partial charge in [-0.3, -0.25) is 4.79 Å². The van der Waals surface area contributed by atoms with E-state index in [1.807, 2.05) is 0 Å². The lowest BCUT2D eigenvalue weighted by molar-refractivity contribution is -0.147. The largest absolute Gasteiger partial charge is 0.467 e. The van der Waals surface area contributed by atoms with Gasteiger partial charge >= 0.3 is 5.97 Å². The van der Waals surface area contributed by atoms with Crippen molar-refractivity contribution in [1.82, 2.24) is 5.32 Å². The number of carbonyl (C=O) groups is 2. The van der Waals surface area contributed by atoms with E-state index in [0.717, 1.165) is 38.5 Å². The van der Waals surface area contributed by atoms with E-state index in [1.54, 1.807) is 0 Å². The van der Waals surface area contributed by atoms with Gasteiger partial charge in [0.25, 0.3) is 0 Å². The van der Waals surface area contributed by atoms with E-state index in [4.69, 9.17) is 4.74 Å². The number of rotatable bonds is 5. The van der Waals surface area contributed by atoms with Gasteiger partial charge in [-0.1, -0.05) is 32.1 Å². The van der Waals surface area contributed by atoms with E-state index in [9.17, 15) is 9.59 Å². The molecule has 0 aromatic rings. The van der Waals surface area contributed by atoms with Gasteiger partial charge in [-0.2, -0.15) is 0 Å². The number of hydrogen-bond donors (Lipinski definition) is 1. The quantitative estimate of drug-likeness (QED) is 0.788. The van der Waals surface area contributed by atoms with Gasteiger partial charge in [0.15, 0.2) is 0 Å². The first-order valence-electron chi connectivity index (χ1n) is 8.08. The molecule has 2 rings (SSSR count). The van der Waals surface area contributed by atoms with E-state index in [0.29, 0.717) is 12.3 Å². The second kappa shape index (κ2) is 7.65. The number of nitrogens with one attached hydrogen (secondary N) is 1. The lowest BCUT2D eigenvalue weighted by atomic mass is 9.83. The van der Waals surface area contributed by atoms with E-state index in [-0.39, 0.29) is 17.8 Å². The number of esters is 1. The van der Waals surface area contributed by atoms with E-state index in [2.05, 4.69) is 5.32 Å². The average molecular weight is 281 g/mol. The summed E-state index contributed by atoms with van der Waals surface area (Å²) in [7, 11) is 1.40. The summed E-state index contributed by atoms with van der Waals surface area (Å²) in [6.45, 7) is 0. The van der Waals surface area contributed by atoms with Crippen molar-refractivity contribution in [1.29, 1.82) is 0 Å². The molecule has 2 saturated carbocycles. The van der Waals surface area contributed by atoms with Gasteiger partial charge in [0.2, 0.25) is 5.91 Å². The topological polar surface area (TPSA) is 55.4 Å². The maximum Gasteiger partial charge on any atom is 0.328 e. The maximum atomic E-state index is 12.2. The summed E-state index contributed by atoms with van der Waals surface area (Å²) in [6, 6.07) is -0.436. The van der Waals surface area contributed by atoms with Gasteiger partial charge in [-0.15, -0.1) is 0 Å². The van der Waals surface area contributed by atoms with Crippen LogP contribution >= 0.6 is 0 Å². The standard InChI is InChI=1S/C16H27NO3/c1-20-16(19)15(13-9-3-2-4-10-13)17-14(18)11-12-7-5-6-8-12/h12-13,15H,2-11H2,1H3,(H,17,18)/t15-/m1/s1. The second-order valence-corrected chi connectivity index (χ2v) is 6.32. The first-order chi connectivity index (χ1) is 9.70. The number of ether oxygens (including phenoxy) is 1. The van der Waals surface area contributed by atoms with Crippen molar-refractivity contribution in [3.8, 4) is 0 Å². The van der Waals surface area contributed by atoms with Crippen molar-refractivity contribution in [2.45, 2.75) is 70.3 Å². The minimum atomic E-state index is -0.436. The molecule has 0 aromatic carbocycles. The monoisotopic (exact) mass is 281 g/mol. The van der Waals surface area contributed by atoms with Crippen molar-refractivity contribution in [3.05, 3.63) is 0 Å². The van der Waals surface area contributed by atoms with Gasteiger partial charge in [-0.05, 0) is 37.5 Å². The smallest absolute Gasteiger partial charge is 0.328 e. The molecule has 0 bridgehead atoms. The molecule has 114 valence electrons. The Morgan fingerprint density at radius 3 is 2.25 bits per heavy atom. The molecule has 0 radical (unpaired) electrons. The Labute approximate surface area is 121 Å². The van der Waals surface area contributed by atoms with Gasteiger partial charge in [-0.25, -0.2) is 4.79 Å². The van der Waals surface area contributed by atoms with Crippen LogP contribution in [0.25, 0.3) is 0 Å². The number of carbonyl (C=O) groups excluding carboxylic acids is 2. The molecule has 1 atom stereocenters. The maximum absolute atomic E-state index is 12.2. The molecule has 4 heteroatoms. The second-order valence-electron chi connectivity index (χ2n) is 6.32. The predicted octanol–water partition coefficient (Wildman–Crippen LogP) is 2.80. The molecule has 0 unspecified atom stereocenters. The minimum Gasteiger partial charge on any atom is -0.467 e. The fourth-order valence-corrected chi connectivity index (χ4v) is 3.67. The molecule has 0 spiro atoms. The predicted molar refractivity (Wildman–Crippen MR) is 77.1 cm³/mol. The van der Waals surface area contributed by atoms with Crippen molar-refractivity contribution < 1.29 is 14.3 Å². The number of amides is 1. The van der Waals surface area contributed by atoms with Gasteiger partial charge in [0, 0.05) is 6.42 Å². The van der Waals surface area contributed by atoms with Crippen LogP contribution in [0.5, 0.6) is 0 Å². The van der Waals surface area contributed by atoms with Crippen LogP contribution in [0, 0.1) is 11.8 Å². The third-order valence-electron chi connectivity index (χ3n) is 4.84. The van der Waals surface area contributed by atoms with Crippen molar-refractivity contribution >= 4 is 11.9 Å². The number of methoxy groups -OCH3 is 1. The third kappa shape index (κ3) is 4.22. The van der Waals surface area contributed by atoms with Crippen LogP contribution in [0.1, 0.15) is 64.2 Å². The highest BCUT2D eigenvalue weighted by atomic mass is 16.5. The Morgan fingerprint density at radius 2 is 1.65 bits per heavy atom. The molecular formula is C16H27NO3. The minimum absolute atomic E-state index is 0.0258. The SMILES string of the molecule is COC(=O)[C@H](NC(=O)CC1CCCC1)C1CCCCC1. The molecule has 0 aliphatic heterocycles. The molecule has 4 nitrogen and oxygen atoms in total. The summed E-state index contributed by atoms with van der Waals surface area (Å²) in [4.78, 5) is 24.1. The molecule has 2 aliphatic rings. The molecule has 0 aromatic heterocycles. The van der Waals surface area contributed by atoms with Crippen LogP contribution in [-0.2, 0) is 14.3 Å². The van der Waals surface area contributed by atoms with Crippen molar-refractivity contribution in [2.24, 2.45) is 11.8 Å². The molecular weight excluding hydrogens is 254 g/mol. The molecule has 20 heavy (non-hydrogen) atoms. The van der Waals surface area contributed by atoms with Crippen LogP contribution in [-0.4, -0.2) is 25.0 Å². The van der Waals surface area contributed by atoms with Gasteiger partial charge < -0.3 is 10.1 Å². The average Bonchev–Trinajstić information content (AvgIpc) is 2.97. The zero-order chi connectivity index (χ0) is 14.4. The van der Waals surface area contributed by atoms with E-state index in [1.165, 1.54) is 26.4 Å². The Morgan fingerprint density at radius 1 is 1.05 bits per heavy atom. The highest BCUT2D eigenvalue weighted by Gasteiger charge is 2.32. The highest BCUT2D eigenvalue weighted by molar-refractivity contribution is 5.84. The molecule has 0 heterocycles. The third-order valence-corrected chi connectivity index (χ3v) is 4.84. The summed E-state index contributed by atoms with van der Waals surface area (Å²) in [5.41, 5.74) is 0. The van der Waals surface area contributed by atoms with E-state index >= 15 is 0 Å². The van der Waals surface area contributed by atoms with Gasteiger partial charge in [0.1, 0.15) is 6.04 Å². The molecule has 1 amide bonds. The normalized spacial score (nSPS) is 22.4. The van der Waals surface area contributed by atoms with Crippen molar-refractivity contribution in [3.63, 3.8) is 0 Å². The first kappa shape index (κ1) is 15.3. The molecule has 0 saturated heterocycles. The van der Waals surface area contributed by atoms with Crippen LogP contribution in [0.2, 0.25) is 0 Å². The van der Waals surface area contributed by atoms with Gasteiger partial charge in [0.05, 0.1) is 7.11 Å². The summed E-state index contributed by atoms with van der Waals surface area (Å²) >= 11 is 0.